The average molecular weight is 266 g/mol. The van der Waals surface area contributed by atoms with Crippen LogP contribution in [0.1, 0.15) is 20.8 Å². The Hall–Kier alpha value is 0.01000. The van der Waals surface area contributed by atoms with E-state index in [1.807, 2.05) is 6.08 Å². The van der Waals surface area contributed by atoms with Gasteiger partial charge in [0, 0.05) is 5.92 Å². The fourth-order valence-corrected chi connectivity index (χ4v) is 0.873. The van der Waals surface area contributed by atoms with Crippen molar-refractivity contribution in [1.82, 2.24) is 0 Å². The van der Waals surface area contributed by atoms with Gasteiger partial charge in [0.1, 0.15) is 0 Å². The maximum Gasteiger partial charge on any atom is 0.0980 e. The molecule has 0 aliphatic rings. The van der Waals surface area contributed by atoms with Crippen molar-refractivity contribution in [2.75, 3.05) is 7.11 Å². The van der Waals surface area contributed by atoms with E-state index in [0.717, 1.165) is 5.76 Å². The number of hydrogen-bond acceptors (Lipinski definition) is 1. The van der Waals surface area contributed by atoms with Crippen LogP contribution >= 0.6 is 22.6 Å². The van der Waals surface area contributed by atoms with Gasteiger partial charge in [-0.05, 0) is 45.2 Å². The van der Waals surface area contributed by atoms with Gasteiger partial charge in [-0.1, -0.05) is 13.8 Å². The number of ether oxygens (including phenoxy) is 1. The summed E-state index contributed by atoms with van der Waals surface area (Å²) >= 11 is 2.28. The van der Waals surface area contributed by atoms with Crippen LogP contribution in [0.2, 0.25) is 0 Å². The van der Waals surface area contributed by atoms with E-state index >= 15 is 0 Å². The summed E-state index contributed by atoms with van der Waals surface area (Å²) in [5, 5.41) is 0. The third-order valence-corrected chi connectivity index (χ3v) is 1.64. The lowest BCUT2D eigenvalue weighted by atomic mass is 10.1. The summed E-state index contributed by atoms with van der Waals surface area (Å²) in [6.07, 6.45) is 4.08. The van der Waals surface area contributed by atoms with E-state index in [1.165, 1.54) is 3.58 Å². The molecule has 0 radical (unpaired) electrons. The van der Waals surface area contributed by atoms with Gasteiger partial charge < -0.3 is 4.74 Å². The molecule has 0 aromatic rings. The predicted molar refractivity (Wildman–Crippen MR) is 57.7 cm³/mol. The highest BCUT2D eigenvalue weighted by molar-refractivity contribution is 14.1. The summed E-state index contributed by atoms with van der Waals surface area (Å²) in [5.74, 6) is 1.49. The van der Waals surface area contributed by atoms with Gasteiger partial charge in [-0.3, -0.25) is 0 Å². The first-order chi connectivity index (χ1) is 5.07. The van der Waals surface area contributed by atoms with Gasteiger partial charge >= 0.3 is 0 Å². The second kappa shape index (κ2) is 5.63. The normalized spacial score (nSPS) is 14.0. The molecule has 0 amide bonds. The molecule has 0 N–H and O–H groups in total. The minimum atomic E-state index is 0.465. The highest BCUT2D eigenvalue weighted by Gasteiger charge is 1.99. The van der Waals surface area contributed by atoms with E-state index in [4.69, 9.17) is 4.74 Å². The van der Waals surface area contributed by atoms with Gasteiger partial charge in [0.05, 0.1) is 12.9 Å². The summed E-state index contributed by atoms with van der Waals surface area (Å²) in [5.41, 5.74) is 0. The molecule has 0 bridgehead atoms. The lowest BCUT2D eigenvalue weighted by molar-refractivity contribution is 0.254. The lowest BCUT2D eigenvalue weighted by Gasteiger charge is -2.07. The first-order valence-corrected chi connectivity index (χ1v) is 4.73. The quantitative estimate of drug-likeness (QED) is 0.431. The van der Waals surface area contributed by atoms with Gasteiger partial charge in [-0.2, -0.15) is 0 Å². The number of rotatable bonds is 3. The molecule has 0 heterocycles. The Labute approximate surface area is 82.7 Å². The molecule has 0 rings (SSSR count). The van der Waals surface area contributed by atoms with Crippen molar-refractivity contribution in [3.05, 3.63) is 21.5 Å². The highest BCUT2D eigenvalue weighted by Crippen LogP contribution is 2.11. The fraction of sp³-hybridized carbons (Fsp3) is 0.556. The van der Waals surface area contributed by atoms with Crippen LogP contribution in [0.25, 0.3) is 0 Å². The monoisotopic (exact) mass is 266 g/mol. The number of hydrogen-bond donors (Lipinski definition) is 0. The smallest absolute Gasteiger partial charge is 0.0980 e. The third kappa shape index (κ3) is 5.30. The minimum Gasteiger partial charge on any atom is -0.501 e. The summed E-state index contributed by atoms with van der Waals surface area (Å²) in [7, 11) is 1.71. The Morgan fingerprint density at radius 1 is 1.36 bits per heavy atom. The van der Waals surface area contributed by atoms with Crippen LogP contribution in [0.4, 0.5) is 0 Å². The zero-order valence-electron chi connectivity index (χ0n) is 7.52. The Balaban J connectivity index is 4.24. The molecule has 0 aliphatic carbocycles. The summed E-state index contributed by atoms with van der Waals surface area (Å²) in [4.78, 5) is 0. The molecule has 0 aromatic carbocycles. The SMILES string of the molecule is CO/C(=C/C=C(\C)I)C(C)C. The van der Waals surface area contributed by atoms with Crippen molar-refractivity contribution in [2.24, 2.45) is 5.92 Å². The van der Waals surface area contributed by atoms with Gasteiger partial charge in [-0.15, -0.1) is 0 Å². The largest absolute Gasteiger partial charge is 0.501 e. The van der Waals surface area contributed by atoms with Crippen molar-refractivity contribution < 1.29 is 4.74 Å². The van der Waals surface area contributed by atoms with Crippen molar-refractivity contribution in [3.63, 3.8) is 0 Å². The van der Waals surface area contributed by atoms with E-state index in [1.54, 1.807) is 7.11 Å². The minimum absolute atomic E-state index is 0.465. The van der Waals surface area contributed by atoms with Crippen LogP contribution in [0, 0.1) is 5.92 Å². The van der Waals surface area contributed by atoms with Crippen LogP contribution in [0.15, 0.2) is 21.5 Å². The summed E-state index contributed by atoms with van der Waals surface area (Å²) in [6, 6.07) is 0. The molecule has 0 aliphatic heterocycles. The fourth-order valence-electron chi connectivity index (χ4n) is 0.693. The molecule has 1 nitrogen and oxygen atoms in total. The average Bonchev–Trinajstić information content (AvgIpc) is 1.87. The Kier molecular flexibility index (Phi) is 5.64. The highest BCUT2D eigenvalue weighted by atomic mass is 127. The van der Waals surface area contributed by atoms with Crippen molar-refractivity contribution in [3.8, 4) is 0 Å². The first kappa shape index (κ1) is 11.0. The second-order valence-electron chi connectivity index (χ2n) is 2.68. The van der Waals surface area contributed by atoms with E-state index in [2.05, 4.69) is 49.4 Å². The van der Waals surface area contributed by atoms with Crippen molar-refractivity contribution in [1.29, 1.82) is 0 Å². The Morgan fingerprint density at radius 2 is 1.91 bits per heavy atom. The lowest BCUT2D eigenvalue weighted by Crippen LogP contribution is -1.95. The standard InChI is InChI=1S/C9H15IO/c1-7(2)9(11-4)6-5-8(3)10/h5-7H,1-4H3/b8-5+,9-6+. The van der Waals surface area contributed by atoms with E-state index in [0.29, 0.717) is 5.92 Å². The molecule has 2 heteroatoms. The maximum absolute atomic E-state index is 5.18. The molecule has 0 unspecified atom stereocenters. The molecular weight excluding hydrogens is 251 g/mol. The van der Waals surface area contributed by atoms with Crippen LogP contribution in [-0.4, -0.2) is 7.11 Å². The Morgan fingerprint density at radius 3 is 2.18 bits per heavy atom. The van der Waals surface area contributed by atoms with Gasteiger partial charge in [0.15, 0.2) is 0 Å². The van der Waals surface area contributed by atoms with Crippen LogP contribution in [0.5, 0.6) is 0 Å². The topological polar surface area (TPSA) is 9.23 Å². The maximum atomic E-state index is 5.18. The van der Waals surface area contributed by atoms with Crippen LogP contribution in [0.3, 0.4) is 0 Å². The summed E-state index contributed by atoms with van der Waals surface area (Å²) < 4.78 is 6.44. The second-order valence-corrected chi connectivity index (χ2v) is 4.38. The van der Waals surface area contributed by atoms with Crippen LogP contribution in [-0.2, 0) is 4.74 Å². The third-order valence-electron chi connectivity index (χ3n) is 1.28. The molecule has 11 heavy (non-hydrogen) atoms. The summed E-state index contributed by atoms with van der Waals surface area (Å²) in [6.45, 7) is 6.29. The molecule has 0 saturated heterocycles. The molecular formula is C9H15IO. The zero-order chi connectivity index (χ0) is 8.85. The molecule has 0 fully saturated rings. The molecule has 64 valence electrons. The molecule has 0 spiro atoms. The number of allylic oxidation sites excluding steroid dienone is 4. The van der Waals surface area contributed by atoms with Gasteiger partial charge in [0.2, 0.25) is 0 Å². The van der Waals surface area contributed by atoms with Crippen LogP contribution < -0.4 is 0 Å². The number of methoxy groups -OCH3 is 1. The van der Waals surface area contributed by atoms with Gasteiger partial charge in [-0.25, -0.2) is 0 Å². The zero-order valence-corrected chi connectivity index (χ0v) is 9.68. The molecule has 0 atom stereocenters. The predicted octanol–water partition coefficient (Wildman–Crippen LogP) is 3.51. The number of halogens is 1. The first-order valence-electron chi connectivity index (χ1n) is 3.66. The Bertz CT molecular complexity index is 164. The van der Waals surface area contributed by atoms with E-state index in [-0.39, 0.29) is 0 Å². The molecule has 0 saturated carbocycles. The van der Waals surface area contributed by atoms with E-state index < -0.39 is 0 Å². The molecule has 0 aromatic heterocycles. The van der Waals surface area contributed by atoms with Crippen molar-refractivity contribution >= 4 is 22.6 Å². The van der Waals surface area contributed by atoms with E-state index in [9.17, 15) is 0 Å². The van der Waals surface area contributed by atoms with Crippen molar-refractivity contribution in [2.45, 2.75) is 20.8 Å². The van der Waals surface area contributed by atoms with Gasteiger partial charge in [0.25, 0.3) is 0 Å².